The third-order valence-corrected chi connectivity index (χ3v) is 7.07. The Morgan fingerprint density at radius 3 is 2.27 bits per heavy atom. The average Bonchev–Trinajstić information content (AvgIpc) is 3.08. The molecule has 0 bridgehead atoms. The van der Waals surface area contributed by atoms with Crippen molar-refractivity contribution in [3.05, 3.63) is 143 Å². The van der Waals surface area contributed by atoms with Crippen LogP contribution in [0.15, 0.2) is 83.7 Å². The molecule has 0 atom stereocenters. The standard InChI is InChI=1S/C31H25FN8O9/c1-37(2)40(47)36-49-29-15-26(27(38(43)44)16-28(29)39(45)46)33-20-10-7-18(8-11-20)17-48-31(42)23-13-19(9-12-24(23)32)14-25-21-5-3-4-6-22(21)30(41)35-34-25/h3-13,15-16,33H,14,17H2,1-2H3,(H-,35,36,41,47)/p+1. The normalized spacial score (nSPS) is 10.7. The number of hydrazine groups is 2. The second kappa shape index (κ2) is 14.2. The Labute approximate surface area is 274 Å². The molecule has 49 heavy (non-hydrogen) atoms. The molecule has 0 amide bonds. The Kier molecular flexibility index (Phi) is 9.67. The quantitative estimate of drug-likeness (QED) is 0.0674. The summed E-state index contributed by atoms with van der Waals surface area (Å²) in [5.74, 6) is -2.20. The third kappa shape index (κ3) is 7.71. The summed E-state index contributed by atoms with van der Waals surface area (Å²) < 4.78 is 20.0. The van der Waals surface area contributed by atoms with Crippen LogP contribution >= 0.6 is 0 Å². The van der Waals surface area contributed by atoms with Crippen molar-refractivity contribution in [3.8, 4) is 5.75 Å². The Morgan fingerprint density at radius 2 is 1.59 bits per heavy atom. The highest BCUT2D eigenvalue weighted by atomic mass is 19.1. The van der Waals surface area contributed by atoms with Gasteiger partial charge in [0.1, 0.15) is 24.2 Å². The van der Waals surface area contributed by atoms with Gasteiger partial charge in [0.05, 0.1) is 51.1 Å². The van der Waals surface area contributed by atoms with Gasteiger partial charge in [0.25, 0.3) is 16.2 Å². The third-order valence-electron chi connectivity index (χ3n) is 7.07. The van der Waals surface area contributed by atoms with Gasteiger partial charge in [0, 0.05) is 23.6 Å². The molecule has 18 heteroatoms. The van der Waals surface area contributed by atoms with E-state index in [-0.39, 0.29) is 34.8 Å². The smallest absolute Gasteiger partial charge is 0.341 e. The van der Waals surface area contributed by atoms with Crippen molar-refractivity contribution in [2.24, 2.45) is 0 Å². The number of aromatic amines is 1. The Hall–Kier alpha value is -6.98. The van der Waals surface area contributed by atoms with Gasteiger partial charge in [-0.15, -0.1) is 5.01 Å². The first-order chi connectivity index (χ1) is 23.4. The molecule has 250 valence electrons. The minimum absolute atomic E-state index is 0.128. The van der Waals surface area contributed by atoms with Crippen LogP contribution in [0.5, 0.6) is 5.75 Å². The largest absolute Gasteiger partial charge is 0.457 e. The summed E-state index contributed by atoms with van der Waals surface area (Å²) in [5.41, 5.74) is 1.58. The molecule has 4 aromatic carbocycles. The Morgan fingerprint density at radius 1 is 0.918 bits per heavy atom. The fraction of sp³-hybridized carbons (Fsp3) is 0.129. The van der Waals surface area contributed by atoms with Gasteiger partial charge in [0.2, 0.25) is 5.75 Å². The predicted molar refractivity (Wildman–Crippen MR) is 171 cm³/mol. The molecule has 17 nitrogen and oxygen atoms in total. The number of halogens is 1. The summed E-state index contributed by atoms with van der Waals surface area (Å²) in [6, 6.07) is 18.7. The Balaban J connectivity index is 1.28. The number of nitro groups is 2. The predicted octanol–water partition coefficient (Wildman–Crippen LogP) is 4.62. The van der Waals surface area contributed by atoms with Gasteiger partial charge >= 0.3 is 11.7 Å². The number of nitrogens with one attached hydrogen (secondary N) is 3. The van der Waals surface area contributed by atoms with E-state index in [1.54, 1.807) is 24.3 Å². The summed E-state index contributed by atoms with van der Waals surface area (Å²) in [4.78, 5) is 63.4. The number of hydrogen-bond acceptors (Lipinski definition) is 11. The molecular weight excluding hydrogens is 647 g/mol. The lowest BCUT2D eigenvalue weighted by Crippen LogP contribution is -2.39. The van der Waals surface area contributed by atoms with Gasteiger partial charge in [0.15, 0.2) is 0 Å². The van der Waals surface area contributed by atoms with Crippen LogP contribution in [-0.4, -0.2) is 50.1 Å². The number of ether oxygens (including phenoxy) is 1. The van der Waals surface area contributed by atoms with Crippen LogP contribution in [0, 0.1) is 31.0 Å². The summed E-state index contributed by atoms with van der Waals surface area (Å²) in [7, 11) is 2.75. The number of carbonyl (C=O) groups excluding carboxylic acids is 1. The number of H-pyrrole nitrogens is 1. The second-order valence-corrected chi connectivity index (χ2v) is 10.6. The SMILES string of the molecule is CN(C)[N+](=O)NOc1cc(Nc2ccc(COC(=O)c3cc(Cc4n[nH]c(=O)c5ccccc45)ccc3F)cc2)c([N+](=O)[O-])cc1[N+](=O)[O-]. The molecule has 3 N–H and O–H groups in total. The molecule has 1 heterocycles. The monoisotopic (exact) mass is 673 g/mol. The lowest BCUT2D eigenvalue weighted by molar-refractivity contribution is -0.772. The van der Waals surface area contributed by atoms with Crippen molar-refractivity contribution in [2.75, 3.05) is 19.4 Å². The highest BCUT2D eigenvalue weighted by molar-refractivity contribution is 5.90. The molecule has 1 aromatic heterocycles. The molecule has 0 aliphatic carbocycles. The average molecular weight is 674 g/mol. The van der Waals surface area contributed by atoms with Crippen molar-refractivity contribution in [1.29, 1.82) is 0 Å². The van der Waals surface area contributed by atoms with Crippen molar-refractivity contribution in [1.82, 2.24) is 20.8 Å². The zero-order valence-electron chi connectivity index (χ0n) is 25.7. The lowest BCUT2D eigenvalue weighted by Gasteiger charge is -2.11. The number of anilines is 2. The van der Waals surface area contributed by atoms with E-state index in [9.17, 15) is 39.1 Å². The number of hydrogen-bond donors (Lipinski definition) is 3. The van der Waals surface area contributed by atoms with E-state index in [4.69, 9.17) is 9.57 Å². The summed E-state index contributed by atoms with van der Waals surface area (Å²) >= 11 is 0. The number of esters is 1. The fourth-order valence-electron chi connectivity index (χ4n) is 4.61. The molecule has 0 fully saturated rings. The van der Waals surface area contributed by atoms with Crippen molar-refractivity contribution < 1.29 is 33.6 Å². The number of nitro benzene ring substituents is 2. The zero-order chi connectivity index (χ0) is 35.2. The van der Waals surface area contributed by atoms with Crippen molar-refractivity contribution in [2.45, 2.75) is 13.0 Å². The fourth-order valence-corrected chi connectivity index (χ4v) is 4.61. The minimum atomic E-state index is -0.922. The molecule has 0 spiro atoms. The van der Waals surface area contributed by atoms with Crippen LogP contribution < -0.4 is 21.3 Å². The molecule has 0 saturated carbocycles. The number of fused-ring (bicyclic) bond motifs is 1. The number of nitroso groups, excluding NO2 is 1. The molecule has 0 aliphatic rings. The zero-order valence-corrected chi connectivity index (χ0v) is 25.7. The van der Waals surface area contributed by atoms with Crippen LogP contribution in [-0.2, 0) is 17.8 Å². The van der Waals surface area contributed by atoms with Crippen LogP contribution in [0.2, 0.25) is 0 Å². The molecule has 0 radical (unpaired) electrons. The first kappa shape index (κ1) is 33.4. The van der Waals surface area contributed by atoms with E-state index in [1.165, 1.54) is 50.5 Å². The van der Waals surface area contributed by atoms with E-state index in [1.807, 2.05) is 5.59 Å². The molecule has 5 rings (SSSR count). The maximum atomic E-state index is 14.7. The highest BCUT2D eigenvalue weighted by Gasteiger charge is 2.28. The van der Waals surface area contributed by atoms with Crippen molar-refractivity contribution in [3.63, 3.8) is 0 Å². The van der Waals surface area contributed by atoms with Gasteiger partial charge in [-0.05, 0) is 41.5 Å². The van der Waals surface area contributed by atoms with Gasteiger partial charge < -0.3 is 14.9 Å². The van der Waals surface area contributed by atoms with Crippen LogP contribution in [0.25, 0.3) is 10.8 Å². The van der Waals surface area contributed by atoms with Crippen LogP contribution in [0.1, 0.15) is 27.2 Å². The molecule has 0 aliphatic heterocycles. The number of nitrogens with zero attached hydrogens (tertiary/aromatic N) is 5. The van der Waals surface area contributed by atoms with Crippen LogP contribution in [0.4, 0.5) is 27.1 Å². The van der Waals surface area contributed by atoms with Gasteiger partial charge in [-0.2, -0.15) is 5.10 Å². The molecule has 0 saturated heterocycles. The van der Waals surface area contributed by atoms with Crippen LogP contribution in [0.3, 0.4) is 0 Å². The van der Waals surface area contributed by atoms with E-state index >= 15 is 0 Å². The number of benzene rings is 4. The van der Waals surface area contributed by atoms with Gasteiger partial charge in [-0.25, -0.2) is 14.3 Å². The van der Waals surface area contributed by atoms with Gasteiger partial charge in [-0.1, -0.05) is 36.4 Å². The van der Waals surface area contributed by atoms with E-state index in [2.05, 4.69) is 15.5 Å². The first-order valence-corrected chi connectivity index (χ1v) is 14.2. The summed E-state index contributed by atoms with van der Waals surface area (Å²) in [6.45, 7) is -0.242. The number of carbonyl (C=O) groups is 1. The lowest BCUT2D eigenvalue weighted by atomic mass is 10.0. The first-order valence-electron chi connectivity index (χ1n) is 14.2. The second-order valence-electron chi connectivity index (χ2n) is 10.6. The van der Waals surface area contributed by atoms with Crippen molar-refractivity contribution >= 4 is 39.5 Å². The number of rotatable bonds is 13. The number of aromatic nitrogens is 2. The summed E-state index contributed by atoms with van der Waals surface area (Å²) in [5, 5.41) is 34.7. The maximum Gasteiger partial charge on any atom is 0.341 e. The molecule has 0 unspecified atom stereocenters. The topological polar surface area (TPSA) is 215 Å². The van der Waals surface area contributed by atoms with E-state index in [0.717, 1.165) is 17.1 Å². The summed E-state index contributed by atoms with van der Waals surface area (Å²) in [6.07, 6.45) is 0.205. The molecular formula is C31H26FN8O9+. The molecule has 5 aromatic rings. The highest BCUT2D eigenvalue weighted by Crippen LogP contribution is 2.38. The van der Waals surface area contributed by atoms with Gasteiger partial charge in [-0.3, -0.25) is 25.0 Å². The van der Waals surface area contributed by atoms with E-state index < -0.39 is 38.8 Å². The Bertz CT molecular complexity index is 2160. The maximum absolute atomic E-state index is 14.7. The minimum Gasteiger partial charge on any atom is -0.457 e. The van der Waals surface area contributed by atoms with E-state index in [0.29, 0.717) is 39.3 Å².